The van der Waals surface area contributed by atoms with E-state index >= 15 is 0 Å². The molecule has 4 aromatic carbocycles. The first-order chi connectivity index (χ1) is 30.1. The van der Waals surface area contributed by atoms with E-state index in [-0.39, 0.29) is 31.5 Å². The van der Waals surface area contributed by atoms with Crippen LogP contribution < -0.4 is 14.2 Å². The van der Waals surface area contributed by atoms with E-state index in [2.05, 4.69) is 60.7 Å². The molecule has 6 heteroatoms. The largest absolute Gasteiger partial charge is 0.493 e. The molecule has 63 heavy (non-hydrogen) atoms. The summed E-state index contributed by atoms with van der Waals surface area (Å²) in [6, 6.07) is 22.2. The number of hydrogen-bond donors (Lipinski definition) is 0. The lowest BCUT2D eigenvalue weighted by Crippen LogP contribution is -2.16. The summed E-state index contributed by atoms with van der Waals surface area (Å²) >= 11 is 0. The fourth-order valence-electron chi connectivity index (χ4n) is 11.9. The quantitative estimate of drug-likeness (QED) is 0.0762. The van der Waals surface area contributed by atoms with Crippen LogP contribution in [0.1, 0.15) is 152 Å². The van der Waals surface area contributed by atoms with Crippen molar-refractivity contribution in [3.63, 3.8) is 0 Å². The maximum atomic E-state index is 12.4. The summed E-state index contributed by atoms with van der Waals surface area (Å²) in [5.74, 6) is 12.7. The van der Waals surface area contributed by atoms with E-state index in [9.17, 15) is 4.79 Å². The number of fused-ring (bicyclic) bond motifs is 3. The fraction of sp³-hybridized carbons (Fsp3) is 0.596. The van der Waals surface area contributed by atoms with Gasteiger partial charge < -0.3 is 29.1 Å². The maximum absolute atomic E-state index is 12.4. The number of carbonyl (C=O) groups is 1. The normalized spacial score (nSPS) is 23.3. The smallest absolute Gasteiger partial charge is 0.166 e. The highest BCUT2D eigenvalue weighted by Gasteiger charge is 2.44. The van der Waals surface area contributed by atoms with E-state index in [0.29, 0.717) is 10.9 Å². The molecule has 4 nitrogen and oxygen atoms in total. The molecule has 344 valence electrons. The molecule has 0 spiro atoms. The van der Waals surface area contributed by atoms with Crippen LogP contribution >= 0.6 is 0 Å². The summed E-state index contributed by atoms with van der Waals surface area (Å²) in [5, 5.41) is 5.09. The summed E-state index contributed by atoms with van der Waals surface area (Å²) in [4.78, 5) is 15.4. The Bertz CT molecular complexity index is 2040. The average Bonchev–Trinajstić information content (AvgIpc) is 4.12. The third kappa shape index (κ3) is 11.8. The Balaban J connectivity index is 0.000000191. The first-order valence-electron chi connectivity index (χ1n) is 24.9. The first-order valence-corrected chi connectivity index (χ1v) is 28.1. The molecular formula is C57H80O4S2. The Hall–Kier alpha value is -2.83. The van der Waals surface area contributed by atoms with Gasteiger partial charge in [0.2, 0.25) is 0 Å². The van der Waals surface area contributed by atoms with Gasteiger partial charge in [-0.25, -0.2) is 0 Å². The van der Waals surface area contributed by atoms with Crippen LogP contribution in [0, 0.1) is 44.4 Å². The average molecular weight is 893 g/mol. The van der Waals surface area contributed by atoms with Gasteiger partial charge in [-0.05, 0) is 107 Å². The maximum Gasteiger partial charge on any atom is 0.166 e. The number of ether oxygens (including phenoxy) is 3. The fourth-order valence-corrected chi connectivity index (χ4v) is 17.6. The summed E-state index contributed by atoms with van der Waals surface area (Å²) in [7, 11) is 0.628. The zero-order valence-electron chi connectivity index (χ0n) is 39.4. The third-order valence-corrected chi connectivity index (χ3v) is 20.6. The highest BCUT2D eigenvalue weighted by atomic mass is 32.2. The molecule has 2 heterocycles. The Kier molecular flexibility index (Phi) is 18.0. The van der Waals surface area contributed by atoms with Gasteiger partial charge in [-0.2, -0.15) is 0 Å². The van der Waals surface area contributed by atoms with Crippen molar-refractivity contribution in [2.24, 2.45) is 29.6 Å². The summed E-state index contributed by atoms with van der Waals surface area (Å²) < 4.78 is 19.5. The van der Waals surface area contributed by atoms with Crippen molar-refractivity contribution in [3.05, 3.63) is 81.1 Å². The van der Waals surface area contributed by atoms with Gasteiger partial charge in [0.05, 0.1) is 30.8 Å². The molecule has 2 saturated heterocycles. The molecule has 6 fully saturated rings. The van der Waals surface area contributed by atoms with Crippen LogP contribution in [0.2, 0.25) is 0 Å². The van der Waals surface area contributed by atoms with Crippen molar-refractivity contribution in [2.75, 3.05) is 42.8 Å². The predicted molar refractivity (Wildman–Crippen MR) is 272 cm³/mol. The summed E-state index contributed by atoms with van der Waals surface area (Å²) in [6.07, 6.45) is 28.6. The standard InChI is InChI=1S/C32H45O2S.C23H29O2S.2CH3/c1-3-10-24(11-4-1)20-33-29-18-19-31(35-22-26-14-7-8-15-27(26)23-35)32-28(29)16-9-17-30(32)34-21-25-12-5-2-6-13-25;1-17(24)21-16-22(26-14-6-7-15-26)19-10-4-5-11-20(19)23(21)25-13-12-18-8-2-3-9-18;;/h9,16-19,24-27H,1-8,10-15,20-23H2;4-5,10-11,16,18H,2-3,6-9,12-15H2,1H3;2*1H3/q2*+1;2*-1. The molecule has 0 amide bonds. The van der Waals surface area contributed by atoms with E-state index in [1.165, 1.54) is 172 Å². The van der Waals surface area contributed by atoms with Crippen LogP contribution in [0.5, 0.6) is 17.2 Å². The molecule has 4 aromatic rings. The van der Waals surface area contributed by atoms with E-state index in [1.54, 1.807) is 11.8 Å². The van der Waals surface area contributed by atoms with Crippen molar-refractivity contribution in [2.45, 2.75) is 152 Å². The number of hydrogen-bond acceptors (Lipinski definition) is 4. The molecule has 0 N–H and O–H groups in total. The van der Waals surface area contributed by atoms with Gasteiger partial charge in [0.1, 0.15) is 40.3 Å². The molecule has 2 aliphatic heterocycles. The molecule has 4 saturated carbocycles. The lowest BCUT2D eigenvalue weighted by Gasteiger charge is -2.23. The third-order valence-electron chi connectivity index (χ3n) is 15.5. The predicted octanol–water partition coefficient (Wildman–Crippen LogP) is 15.2. The Morgan fingerprint density at radius 1 is 0.540 bits per heavy atom. The van der Waals surface area contributed by atoms with Gasteiger partial charge in [-0.15, -0.1) is 0 Å². The van der Waals surface area contributed by atoms with Gasteiger partial charge in [0.25, 0.3) is 0 Å². The van der Waals surface area contributed by atoms with Crippen molar-refractivity contribution in [1.29, 1.82) is 0 Å². The topological polar surface area (TPSA) is 44.8 Å². The number of rotatable bonds is 13. The van der Waals surface area contributed by atoms with E-state index in [4.69, 9.17) is 14.2 Å². The summed E-state index contributed by atoms with van der Waals surface area (Å²) in [5.41, 5.74) is 0.782. The van der Waals surface area contributed by atoms with Crippen LogP contribution in [-0.4, -0.2) is 48.6 Å². The number of Topliss-reactive ketones (excluding diaryl/α,β-unsaturated/α-hetero) is 1. The SMILES string of the molecule is CC(=O)c1cc([S+]2CCCC2)c2ccccc2c1OCCC1CCCC1.[CH3-].[CH3-].c1cc(OCC2CCCCC2)c2c([S+]3CC4CCCCC4C3)ccc(OCC3CCCCC3)c2c1. The van der Waals surface area contributed by atoms with Crippen molar-refractivity contribution < 1.29 is 19.0 Å². The van der Waals surface area contributed by atoms with Gasteiger partial charge >= 0.3 is 0 Å². The second-order valence-corrected chi connectivity index (χ2v) is 24.1. The van der Waals surface area contributed by atoms with Crippen LogP contribution in [0.25, 0.3) is 21.5 Å². The van der Waals surface area contributed by atoms with Crippen LogP contribution in [0.15, 0.2) is 70.5 Å². The van der Waals surface area contributed by atoms with E-state index < -0.39 is 0 Å². The van der Waals surface area contributed by atoms with Crippen LogP contribution in [-0.2, 0) is 21.8 Å². The minimum atomic E-state index is 0. The van der Waals surface area contributed by atoms with Gasteiger partial charge in [-0.1, -0.05) is 107 Å². The number of benzene rings is 4. The molecule has 4 aliphatic carbocycles. The molecule has 0 bridgehead atoms. The number of ketones is 1. The second-order valence-electron chi connectivity index (χ2n) is 19.8. The summed E-state index contributed by atoms with van der Waals surface area (Å²) in [6.45, 7) is 4.15. The molecular weight excluding hydrogens is 813 g/mol. The van der Waals surface area contributed by atoms with Crippen LogP contribution in [0.3, 0.4) is 0 Å². The minimum absolute atomic E-state index is 0. The zero-order valence-corrected chi connectivity index (χ0v) is 41.0. The molecule has 0 aromatic heterocycles. The molecule has 6 aliphatic rings. The van der Waals surface area contributed by atoms with Gasteiger partial charge in [0, 0.05) is 55.9 Å². The van der Waals surface area contributed by atoms with Crippen molar-refractivity contribution in [1.82, 2.24) is 0 Å². The molecule has 2 unspecified atom stereocenters. The highest BCUT2D eigenvalue weighted by molar-refractivity contribution is 7.97. The lowest BCUT2D eigenvalue weighted by molar-refractivity contribution is 0.101. The lowest BCUT2D eigenvalue weighted by atomic mass is 9.82. The minimum Gasteiger partial charge on any atom is -0.493 e. The van der Waals surface area contributed by atoms with Crippen molar-refractivity contribution >= 4 is 49.1 Å². The second kappa shape index (κ2) is 23.6. The number of carbonyl (C=O) groups excluding carboxylic acids is 1. The Morgan fingerprint density at radius 2 is 1.10 bits per heavy atom. The molecule has 2 atom stereocenters. The van der Waals surface area contributed by atoms with E-state index in [1.807, 2.05) is 0 Å². The van der Waals surface area contributed by atoms with Gasteiger partial charge in [0.15, 0.2) is 15.6 Å². The molecule has 10 rings (SSSR count). The monoisotopic (exact) mass is 893 g/mol. The first kappa shape index (κ1) is 48.1. The van der Waals surface area contributed by atoms with Gasteiger partial charge in [-0.3, -0.25) is 4.79 Å². The Labute approximate surface area is 388 Å². The Morgan fingerprint density at radius 3 is 1.73 bits per heavy atom. The highest BCUT2D eigenvalue weighted by Crippen LogP contribution is 2.46. The van der Waals surface area contributed by atoms with E-state index in [0.717, 1.165) is 84.0 Å². The van der Waals surface area contributed by atoms with Crippen LogP contribution in [0.4, 0.5) is 0 Å². The molecule has 0 radical (unpaired) electrons. The van der Waals surface area contributed by atoms with Crippen molar-refractivity contribution in [3.8, 4) is 17.2 Å². The zero-order chi connectivity index (χ0) is 41.4.